The van der Waals surface area contributed by atoms with Gasteiger partial charge in [0.2, 0.25) is 0 Å². The maximum Gasteiger partial charge on any atom is 0.339 e. The van der Waals surface area contributed by atoms with Gasteiger partial charge >= 0.3 is 5.97 Å². The van der Waals surface area contributed by atoms with Crippen molar-refractivity contribution in [2.24, 2.45) is 0 Å². The highest BCUT2D eigenvalue weighted by Crippen LogP contribution is 2.32. The second-order valence-electron chi connectivity index (χ2n) is 7.39. The molecular formula is C25H20N2O5S. The van der Waals surface area contributed by atoms with E-state index in [0.29, 0.717) is 52.6 Å². The lowest BCUT2D eigenvalue weighted by Gasteiger charge is -2.11. The fourth-order valence-corrected chi connectivity index (χ4v) is 4.23. The molecule has 3 heterocycles. The van der Waals surface area contributed by atoms with Crippen LogP contribution in [0.3, 0.4) is 0 Å². The summed E-state index contributed by atoms with van der Waals surface area (Å²) in [6.45, 7) is 0.722. The lowest BCUT2D eigenvalue weighted by molar-refractivity contribution is -0.119. The second-order valence-corrected chi connectivity index (χ2v) is 8.33. The number of anilines is 1. The van der Waals surface area contributed by atoms with Gasteiger partial charge in [0.05, 0.1) is 34.9 Å². The van der Waals surface area contributed by atoms with E-state index in [9.17, 15) is 9.59 Å². The van der Waals surface area contributed by atoms with Crippen LogP contribution in [-0.2, 0) is 9.53 Å². The Balaban J connectivity index is 1.30. The Morgan fingerprint density at radius 1 is 1.00 bits per heavy atom. The molecule has 8 heteroatoms. The first kappa shape index (κ1) is 21.0. The zero-order valence-electron chi connectivity index (χ0n) is 17.6. The normalized spacial score (nSPS) is 12.7. The van der Waals surface area contributed by atoms with Gasteiger partial charge in [-0.3, -0.25) is 4.79 Å². The molecule has 0 fully saturated rings. The number of fused-ring (bicyclic) bond motifs is 2. The van der Waals surface area contributed by atoms with E-state index in [0.717, 1.165) is 11.3 Å². The van der Waals surface area contributed by atoms with Crippen LogP contribution in [0.1, 0.15) is 16.8 Å². The first-order valence-corrected chi connectivity index (χ1v) is 11.4. The van der Waals surface area contributed by atoms with Crippen LogP contribution in [0.15, 0.2) is 66.0 Å². The van der Waals surface area contributed by atoms with Crippen LogP contribution >= 0.6 is 11.3 Å². The van der Waals surface area contributed by atoms with E-state index in [1.807, 2.05) is 41.8 Å². The maximum atomic E-state index is 12.9. The van der Waals surface area contributed by atoms with Crippen LogP contribution in [-0.4, -0.2) is 36.7 Å². The molecule has 7 nitrogen and oxygen atoms in total. The van der Waals surface area contributed by atoms with Gasteiger partial charge < -0.3 is 19.5 Å². The van der Waals surface area contributed by atoms with Gasteiger partial charge in [0.15, 0.2) is 18.1 Å². The molecule has 0 unspecified atom stereocenters. The first-order chi connectivity index (χ1) is 16.2. The van der Waals surface area contributed by atoms with Crippen molar-refractivity contribution in [3.05, 3.63) is 71.6 Å². The molecule has 0 aliphatic carbocycles. The Bertz CT molecular complexity index is 1320. The van der Waals surface area contributed by atoms with Crippen molar-refractivity contribution >= 4 is 39.8 Å². The van der Waals surface area contributed by atoms with E-state index < -0.39 is 18.5 Å². The monoisotopic (exact) mass is 460 g/mol. The molecule has 0 saturated carbocycles. The van der Waals surface area contributed by atoms with Crippen LogP contribution in [0.25, 0.3) is 21.5 Å². The van der Waals surface area contributed by atoms with Crippen molar-refractivity contribution in [1.82, 2.24) is 4.98 Å². The molecule has 5 rings (SSSR count). The minimum absolute atomic E-state index is 0.368. The average molecular weight is 461 g/mol. The Morgan fingerprint density at radius 3 is 2.70 bits per heavy atom. The molecule has 0 bridgehead atoms. The highest BCUT2D eigenvalue weighted by atomic mass is 32.1. The number of hydrogen-bond donors (Lipinski definition) is 1. The van der Waals surface area contributed by atoms with Gasteiger partial charge in [0.25, 0.3) is 5.91 Å². The van der Waals surface area contributed by atoms with E-state index >= 15 is 0 Å². The number of hydrogen-bond acceptors (Lipinski definition) is 7. The molecular weight excluding hydrogens is 440 g/mol. The predicted molar refractivity (Wildman–Crippen MR) is 126 cm³/mol. The number of benzene rings is 2. The minimum Gasteiger partial charge on any atom is -0.490 e. The molecule has 0 atom stereocenters. The molecule has 0 radical (unpaired) electrons. The van der Waals surface area contributed by atoms with Crippen LogP contribution in [0.4, 0.5) is 5.69 Å². The van der Waals surface area contributed by atoms with Gasteiger partial charge in [-0.25, -0.2) is 9.78 Å². The quantitative estimate of drug-likeness (QED) is 0.426. The number of thiophene rings is 1. The number of esters is 1. The summed E-state index contributed by atoms with van der Waals surface area (Å²) in [6.07, 6.45) is 0.796. The molecule has 1 N–H and O–H groups in total. The Morgan fingerprint density at radius 2 is 1.85 bits per heavy atom. The Labute approximate surface area is 193 Å². The van der Waals surface area contributed by atoms with Crippen LogP contribution in [0.2, 0.25) is 0 Å². The number of ether oxygens (including phenoxy) is 3. The molecule has 2 aromatic heterocycles. The molecule has 166 valence electrons. The summed E-state index contributed by atoms with van der Waals surface area (Å²) in [5, 5.41) is 5.35. The Kier molecular flexibility index (Phi) is 5.91. The van der Waals surface area contributed by atoms with E-state index in [1.165, 1.54) is 11.3 Å². The number of pyridine rings is 1. The molecule has 4 aromatic rings. The lowest BCUT2D eigenvalue weighted by atomic mass is 10.1. The summed E-state index contributed by atoms with van der Waals surface area (Å²) in [4.78, 5) is 30.9. The fourth-order valence-electron chi connectivity index (χ4n) is 3.54. The van der Waals surface area contributed by atoms with Crippen molar-refractivity contribution in [2.75, 3.05) is 25.1 Å². The zero-order valence-corrected chi connectivity index (χ0v) is 18.4. The van der Waals surface area contributed by atoms with E-state index in [4.69, 9.17) is 14.2 Å². The number of aromatic nitrogens is 1. The number of rotatable bonds is 5. The van der Waals surface area contributed by atoms with Crippen LogP contribution in [0, 0.1) is 0 Å². The van der Waals surface area contributed by atoms with Crippen LogP contribution in [0.5, 0.6) is 11.5 Å². The van der Waals surface area contributed by atoms with Gasteiger partial charge in [-0.15, -0.1) is 11.3 Å². The minimum atomic E-state index is -0.583. The molecule has 0 saturated heterocycles. The summed E-state index contributed by atoms with van der Waals surface area (Å²) in [7, 11) is 0. The van der Waals surface area contributed by atoms with Gasteiger partial charge in [-0.2, -0.15) is 0 Å². The SMILES string of the molecule is O=C(COC(=O)c1cc(-c2cccs2)nc2ccccc12)Nc1ccc2c(c1)OCCCO2. The van der Waals surface area contributed by atoms with Crippen molar-refractivity contribution < 1.29 is 23.8 Å². The summed E-state index contributed by atoms with van der Waals surface area (Å²) >= 11 is 1.54. The number of carbonyl (C=O) groups is 2. The third kappa shape index (κ3) is 4.65. The highest BCUT2D eigenvalue weighted by molar-refractivity contribution is 7.13. The van der Waals surface area contributed by atoms with Crippen molar-refractivity contribution in [3.8, 4) is 22.1 Å². The van der Waals surface area contributed by atoms with Crippen molar-refractivity contribution in [2.45, 2.75) is 6.42 Å². The summed E-state index contributed by atoms with van der Waals surface area (Å²) < 4.78 is 16.6. The van der Waals surface area contributed by atoms with Crippen LogP contribution < -0.4 is 14.8 Å². The number of nitrogens with one attached hydrogen (secondary N) is 1. The van der Waals surface area contributed by atoms with E-state index in [-0.39, 0.29) is 0 Å². The first-order valence-electron chi connectivity index (χ1n) is 10.5. The molecule has 2 aromatic carbocycles. The lowest BCUT2D eigenvalue weighted by Crippen LogP contribution is -2.21. The molecule has 1 amide bonds. The van der Waals surface area contributed by atoms with Gasteiger partial charge in [0, 0.05) is 23.6 Å². The zero-order chi connectivity index (χ0) is 22.6. The topological polar surface area (TPSA) is 86.8 Å². The molecule has 33 heavy (non-hydrogen) atoms. The molecule has 0 spiro atoms. The summed E-state index contributed by atoms with van der Waals surface area (Å²) in [5.41, 5.74) is 2.28. The fraction of sp³-hybridized carbons (Fsp3) is 0.160. The number of nitrogens with zero attached hydrogens (tertiary/aromatic N) is 1. The summed E-state index contributed by atoms with van der Waals surface area (Å²) in [5.74, 6) is 0.185. The van der Waals surface area contributed by atoms with E-state index in [2.05, 4.69) is 10.3 Å². The average Bonchev–Trinajstić information content (AvgIpc) is 3.28. The smallest absolute Gasteiger partial charge is 0.339 e. The second kappa shape index (κ2) is 9.30. The third-order valence-corrected chi connectivity index (χ3v) is 5.97. The third-order valence-electron chi connectivity index (χ3n) is 5.08. The number of amides is 1. The largest absolute Gasteiger partial charge is 0.490 e. The van der Waals surface area contributed by atoms with Gasteiger partial charge in [0.1, 0.15) is 0 Å². The van der Waals surface area contributed by atoms with Crippen molar-refractivity contribution in [3.63, 3.8) is 0 Å². The molecule has 1 aliphatic rings. The maximum absolute atomic E-state index is 12.9. The number of carbonyl (C=O) groups excluding carboxylic acids is 2. The Hall–Kier alpha value is -3.91. The summed E-state index contributed by atoms with van der Waals surface area (Å²) in [6, 6.07) is 18.1. The standard InChI is InChI=1S/C25H20N2O5S/c28-24(26-16-8-9-21-22(13-16)31-11-4-10-30-21)15-32-25(29)18-14-20(23-7-3-12-33-23)27-19-6-2-1-5-17(18)19/h1-3,5-9,12-14H,4,10-11,15H2,(H,26,28). The van der Waals surface area contributed by atoms with Crippen molar-refractivity contribution in [1.29, 1.82) is 0 Å². The molecule has 1 aliphatic heterocycles. The van der Waals surface area contributed by atoms with Gasteiger partial charge in [-0.1, -0.05) is 24.3 Å². The predicted octanol–water partition coefficient (Wildman–Crippen LogP) is 4.92. The highest BCUT2D eigenvalue weighted by Gasteiger charge is 2.17. The van der Waals surface area contributed by atoms with Gasteiger partial charge in [-0.05, 0) is 35.7 Å². The number of para-hydroxylation sites is 1. The van der Waals surface area contributed by atoms with E-state index in [1.54, 1.807) is 24.3 Å².